The highest BCUT2D eigenvalue weighted by Gasteiger charge is 2.27. The van der Waals surface area contributed by atoms with Crippen molar-refractivity contribution < 1.29 is 24.2 Å². The normalized spacial score (nSPS) is 14.0. The van der Waals surface area contributed by atoms with E-state index in [1.165, 1.54) is 0 Å². The van der Waals surface area contributed by atoms with Crippen LogP contribution < -0.4 is 21.8 Å². The number of ether oxygens (including phenoxy) is 1. The zero-order valence-corrected chi connectivity index (χ0v) is 22.4. The van der Waals surface area contributed by atoms with Gasteiger partial charge in [-0.2, -0.15) is 0 Å². The Hall–Kier alpha value is -5.13. The lowest BCUT2D eigenvalue weighted by Crippen LogP contribution is -2.41. The Balaban J connectivity index is 1.30. The number of nitrogens with one attached hydrogen (secondary N) is 3. The number of rotatable bonds is 8. The van der Waals surface area contributed by atoms with Crippen LogP contribution in [0, 0.1) is 0 Å². The predicted molar refractivity (Wildman–Crippen MR) is 150 cm³/mol. The van der Waals surface area contributed by atoms with Crippen molar-refractivity contribution in [3.05, 3.63) is 97.6 Å². The number of amides is 2. The average Bonchev–Trinajstić information content (AvgIpc) is 3.43. The molecule has 5 rings (SSSR count). The predicted octanol–water partition coefficient (Wildman–Crippen LogP) is 2.96. The standard InChI is InChI=1S/C29H29N5O7/c1-2-41-28(39)19-4-3-5-20(12-19)31-29(40)30-14-17-10-11-33(15-17)21-8-6-18-7-9-23-25(22(18)13-21)34(16-24(35)36)27(38)26(37)32-23/h3-5,10-13,15H,2,6-9,14,16H2,1H3,(H,32,37)(H,35,36)(H2,30,31,40). The molecule has 2 aliphatic carbocycles. The van der Waals surface area contributed by atoms with E-state index in [1.807, 2.05) is 29.1 Å². The molecule has 2 heterocycles. The molecule has 4 N–H and O–H groups in total. The van der Waals surface area contributed by atoms with Gasteiger partial charge in [0.2, 0.25) is 0 Å². The van der Waals surface area contributed by atoms with Crippen molar-refractivity contribution in [2.24, 2.45) is 0 Å². The third-order valence-corrected chi connectivity index (χ3v) is 7.03. The summed E-state index contributed by atoms with van der Waals surface area (Å²) in [6, 6.07) is 7.92. The van der Waals surface area contributed by atoms with E-state index in [0.29, 0.717) is 35.5 Å². The molecule has 3 aromatic rings. The largest absolute Gasteiger partial charge is 0.480 e. The van der Waals surface area contributed by atoms with Gasteiger partial charge in [-0.05, 0) is 68.5 Å². The monoisotopic (exact) mass is 559 g/mol. The average molecular weight is 560 g/mol. The summed E-state index contributed by atoms with van der Waals surface area (Å²) in [5, 5.41) is 14.9. The van der Waals surface area contributed by atoms with Gasteiger partial charge in [0.15, 0.2) is 0 Å². The Labute approximate surface area is 234 Å². The van der Waals surface area contributed by atoms with Crippen LogP contribution >= 0.6 is 0 Å². The third-order valence-electron chi connectivity index (χ3n) is 7.03. The van der Waals surface area contributed by atoms with Gasteiger partial charge >= 0.3 is 29.1 Å². The van der Waals surface area contributed by atoms with E-state index >= 15 is 0 Å². The lowest BCUT2D eigenvalue weighted by molar-refractivity contribution is -0.137. The number of aromatic amines is 1. The first-order valence-corrected chi connectivity index (χ1v) is 13.2. The molecule has 0 saturated carbocycles. The second-order valence-electron chi connectivity index (χ2n) is 9.76. The van der Waals surface area contributed by atoms with Gasteiger partial charge in [-0.3, -0.25) is 19.0 Å². The molecule has 2 aliphatic rings. The van der Waals surface area contributed by atoms with Crippen LogP contribution in [0.2, 0.25) is 0 Å². The van der Waals surface area contributed by atoms with E-state index in [0.717, 1.165) is 39.8 Å². The minimum Gasteiger partial charge on any atom is -0.480 e. The molecule has 0 spiro atoms. The van der Waals surface area contributed by atoms with E-state index in [-0.39, 0.29) is 13.2 Å². The number of nitrogens with zero attached hydrogens (tertiary/aromatic N) is 2. The molecule has 0 aliphatic heterocycles. The smallest absolute Gasteiger partial charge is 0.338 e. The molecule has 12 heteroatoms. The highest BCUT2D eigenvalue weighted by atomic mass is 16.5. The number of aliphatic carboxylic acids is 1. The number of aromatic nitrogens is 3. The van der Waals surface area contributed by atoms with E-state index < -0.39 is 35.6 Å². The number of anilines is 1. The van der Waals surface area contributed by atoms with E-state index in [4.69, 9.17) is 4.74 Å². The molecule has 0 unspecified atom stereocenters. The minimum absolute atomic E-state index is 0.250. The van der Waals surface area contributed by atoms with Gasteiger partial charge in [0, 0.05) is 41.6 Å². The highest BCUT2D eigenvalue weighted by molar-refractivity contribution is 5.94. The van der Waals surface area contributed by atoms with Gasteiger partial charge in [-0.1, -0.05) is 11.6 Å². The maximum atomic E-state index is 12.6. The summed E-state index contributed by atoms with van der Waals surface area (Å²) in [6.07, 6.45) is 8.41. The second-order valence-corrected chi connectivity index (χ2v) is 9.76. The lowest BCUT2D eigenvalue weighted by atomic mass is 9.84. The summed E-state index contributed by atoms with van der Waals surface area (Å²) in [6.45, 7) is 1.63. The number of H-pyrrole nitrogens is 1. The van der Waals surface area contributed by atoms with Gasteiger partial charge < -0.3 is 30.0 Å². The number of carbonyl (C=O) groups is 3. The van der Waals surface area contributed by atoms with Gasteiger partial charge in [0.25, 0.3) is 0 Å². The number of urea groups is 1. The summed E-state index contributed by atoms with van der Waals surface area (Å²) in [4.78, 5) is 63.3. The molecule has 41 heavy (non-hydrogen) atoms. The van der Waals surface area contributed by atoms with Crippen LogP contribution in [0.25, 0.3) is 11.3 Å². The van der Waals surface area contributed by atoms with Crippen molar-refractivity contribution in [1.82, 2.24) is 19.4 Å². The summed E-state index contributed by atoms with van der Waals surface area (Å²) in [5.41, 5.74) is 3.75. The van der Waals surface area contributed by atoms with E-state index in [1.54, 1.807) is 31.2 Å². The Morgan fingerprint density at radius 2 is 1.90 bits per heavy atom. The molecule has 0 radical (unpaired) electrons. The summed E-state index contributed by atoms with van der Waals surface area (Å²) in [7, 11) is 0. The second kappa shape index (κ2) is 11.5. The SMILES string of the molecule is CCOC(=O)c1cccc(NC(=O)NCc2ccn(C3=CC4=C(CC3)CCc3[nH]c(=O)c(=O)n(CC(=O)O)c34)c2)c1. The van der Waals surface area contributed by atoms with Crippen LogP contribution in [-0.4, -0.2) is 43.8 Å². The van der Waals surface area contributed by atoms with Crippen LogP contribution in [0.4, 0.5) is 10.5 Å². The molecular weight excluding hydrogens is 530 g/mol. The van der Waals surface area contributed by atoms with Crippen molar-refractivity contribution in [3.63, 3.8) is 0 Å². The fourth-order valence-corrected chi connectivity index (χ4v) is 5.16. The molecule has 0 saturated heterocycles. The number of aryl methyl sites for hydroxylation is 1. The first-order valence-electron chi connectivity index (χ1n) is 13.2. The quantitative estimate of drug-likeness (QED) is 0.243. The lowest BCUT2D eigenvalue weighted by Gasteiger charge is -2.28. The molecule has 0 atom stereocenters. The van der Waals surface area contributed by atoms with Crippen molar-refractivity contribution >= 4 is 34.9 Å². The Morgan fingerprint density at radius 3 is 2.68 bits per heavy atom. The Morgan fingerprint density at radius 1 is 1.10 bits per heavy atom. The number of allylic oxidation sites excluding steroid dienone is 4. The maximum absolute atomic E-state index is 12.6. The van der Waals surface area contributed by atoms with Gasteiger partial charge in [-0.25, -0.2) is 9.59 Å². The topological polar surface area (TPSA) is 165 Å². The molecule has 12 nitrogen and oxygen atoms in total. The zero-order valence-electron chi connectivity index (χ0n) is 22.4. The van der Waals surface area contributed by atoms with Gasteiger partial charge in [0.1, 0.15) is 6.54 Å². The minimum atomic E-state index is -1.20. The number of hydrogen-bond donors (Lipinski definition) is 4. The fraction of sp³-hybridized carbons (Fsp3) is 0.276. The van der Waals surface area contributed by atoms with Crippen LogP contribution in [0.3, 0.4) is 0 Å². The third kappa shape index (κ3) is 5.91. The van der Waals surface area contributed by atoms with Crippen LogP contribution in [0.15, 0.2) is 64.0 Å². The summed E-state index contributed by atoms with van der Waals surface area (Å²) in [5.74, 6) is -1.67. The molecule has 0 bridgehead atoms. The maximum Gasteiger partial charge on any atom is 0.338 e. The fourth-order valence-electron chi connectivity index (χ4n) is 5.16. The first kappa shape index (κ1) is 27.4. The molecule has 212 valence electrons. The molecule has 2 amide bonds. The molecular formula is C29H29N5O7. The number of carbonyl (C=O) groups excluding carboxylic acids is 2. The number of esters is 1. The van der Waals surface area contributed by atoms with E-state index in [9.17, 15) is 29.1 Å². The Kier molecular flexibility index (Phi) is 7.72. The van der Waals surface area contributed by atoms with E-state index in [2.05, 4.69) is 15.6 Å². The molecule has 0 fully saturated rings. The molecule has 2 aromatic heterocycles. The van der Waals surface area contributed by atoms with Gasteiger partial charge in [0.05, 0.1) is 17.9 Å². The Bertz CT molecular complexity index is 1720. The number of benzene rings is 1. The molecule has 1 aromatic carbocycles. The highest BCUT2D eigenvalue weighted by Crippen LogP contribution is 2.39. The summed E-state index contributed by atoms with van der Waals surface area (Å²) >= 11 is 0. The van der Waals surface area contributed by atoms with Crippen molar-refractivity contribution in [1.29, 1.82) is 0 Å². The zero-order chi connectivity index (χ0) is 29.1. The van der Waals surface area contributed by atoms with Crippen LogP contribution in [-0.2, 0) is 29.0 Å². The summed E-state index contributed by atoms with van der Waals surface area (Å²) < 4.78 is 7.98. The van der Waals surface area contributed by atoms with Crippen LogP contribution in [0.1, 0.15) is 53.5 Å². The van der Waals surface area contributed by atoms with Crippen molar-refractivity contribution in [2.75, 3.05) is 11.9 Å². The first-order chi connectivity index (χ1) is 19.7. The number of carboxylic acids is 1. The number of hydrogen-bond acceptors (Lipinski definition) is 6. The number of carboxylic acid groups (broad SMARTS) is 1. The van der Waals surface area contributed by atoms with Crippen molar-refractivity contribution in [3.8, 4) is 0 Å². The number of fused-ring (bicyclic) bond motifs is 2. The van der Waals surface area contributed by atoms with Crippen LogP contribution in [0.5, 0.6) is 0 Å². The van der Waals surface area contributed by atoms with Gasteiger partial charge in [-0.15, -0.1) is 0 Å². The van der Waals surface area contributed by atoms with Crippen molar-refractivity contribution in [2.45, 2.75) is 45.7 Å².